The molecule has 0 saturated carbocycles. The molecule has 1 N–H and O–H groups in total. The lowest BCUT2D eigenvalue weighted by Crippen LogP contribution is -2.46. The highest BCUT2D eigenvalue weighted by Gasteiger charge is 2.36. The third kappa shape index (κ3) is 4.82. The number of hydrogen-bond donors (Lipinski definition) is 1. The molecule has 4 aromatic rings. The second-order valence-corrected chi connectivity index (χ2v) is 9.00. The molecule has 0 fully saturated rings. The molecule has 1 aliphatic rings. The number of ether oxygens (including phenoxy) is 1. The molecule has 7 nitrogen and oxygen atoms in total. The molecule has 1 unspecified atom stereocenters. The molecule has 2 amide bonds. The van der Waals surface area contributed by atoms with E-state index in [1.54, 1.807) is 17.0 Å². The number of aromatic nitrogens is 2. The smallest absolute Gasteiger partial charge is 0.326 e. The number of halogens is 1. The predicted octanol–water partition coefficient (Wildman–Crippen LogP) is 6.59. The summed E-state index contributed by atoms with van der Waals surface area (Å²) in [6, 6.07) is 18.7. The van der Waals surface area contributed by atoms with Gasteiger partial charge in [0.1, 0.15) is 11.6 Å². The molecule has 5 rings (SSSR count). The van der Waals surface area contributed by atoms with Crippen molar-refractivity contribution >= 4 is 17.3 Å². The van der Waals surface area contributed by atoms with Gasteiger partial charge in [0.25, 0.3) is 5.89 Å². The molecule has 0 bridgehead atoms. The lowest BCUT2D eigenvalue weighted by molar-refractivity contribution is 0.244. The van der Waals surface area contributed by atoms with Crippen molar-refractivity contribution in [3.8, 4) is 17.1 Å². The van der Waals surface area contributed by atoms with Gasteiger partial charge in [0.15, 0.2) is 0 Å². The first-order valence-electron chi connectivity index (χ1n) is 12.1. The molecule has 0 saturated heterocycles. The van der Waals surface area contributed by atoms with Crippen LogP contribution in [-0.2, 0) is 0 Å². The number of carbonyl (C=O) groups excluding carboxylic acids is 1. The van der Waals surface area contributed by atoms with Crippen molar-refractivity contribution in [1.29, 1.82) is 0 Å². The first-order chi connectivity index (χ1) is 17.8. The van der Waals surface area contributed by atoms with Gasteiger partial charge in [-0.05, 0) is 80.8 Å². The fourth-order valence-electron chi connectivity index (χ4n) is 4.66. The number of nitrogens with one attached hydrogen (secondary N) is 1. The fraction of sp³-hybridized carbons (Fsp3) is 0.207. The zero-order chi connectivity index (χ0) is 26.1. The van der Waals surface area contributed by atoms with Crippen molar-refractivity contribution in [2.24, 2.45) is 0 Å². The Balaban J connectivity index is 1.64. The summed E-state index contributed by atoms with van der Waals surface area (Å²) in [6.45, 7) is 8.32. The number of rotatable bonds is 6. The van der Waals surface area contributed by atoms with E-state index in [4.69, 9.17) is 9.26 Å². The summed E-state index contributed by atoms with van der Waals surface area (Å²) in [6.07, 6.45) is 0. The molecule has 1 aliphatic heterocycles. The van der Waals surface area contributed by atoms with E-state index in [2.05, 4.69) is 21.5 Å². The Hall–Kier alpha value is -4.46. The molecule has 0 aliphatic carbocycles. The summed E-state index contributed by atoms with van der Waals surface area (Å²) in [5, 5.41) is 7.22. The Bertz CT molecular complexity index is 1470. The third-order valence-corrected chi connectivity index (χ3v) is 6.21. The van der Waals surface area contributed by atoms with Crippen molar-refractivity contribution in [3.05, 3.63) is 101 Å². The predicted molar refractivity (Wildman–Crippen MR) is 140 cm³/mol. The first-order valence-corrected chi connectivity index (χ1v) is 12.1. The average molecular weight is 499 g/mol. The quantitative estimate of drug-likeness (QED) is 0.324. The fourth-order valence-corrected chi connectivity index (χ4v) is 4.66. The molecule has 3 aromatic carbocycles. The number of urea groups is 1. The Morgan fingerprint density at radius 2 is 1.76 bits per heavy atom. The first kappa shape index (κ1) is 24.2. The lowest BCUT2D eigenvalue weighted by Gasteiger charge is -2.35. The van der Waals surface area contributed by atoms with Crippen molar-refractivity contribution in [1.82, 2.24) is 15.5 Å². The topological polar surface area (TPSA) is 80.5 Å². The van der Waals surface area contributed by atoms with E-state index in [0.717, 1.165) is 28.1 Å². The van der Waals surface area contributed by atoms with Crippen LogP contribution in [-0.4, -0.2) is 22.8 Å². The zero-order valence-corrected chi connectivity index (χ0v) is 21.1. The van der Waals surface area contributed by atoms with E-state index in [9.17, 15) is 9.18 Å². The van der Waals surface area contributed by atoms with Crippen molar-refractivity contribution in [2.45, 2.75) is 33.7 Å². The second kappa shape index (κ2) is 9.89. The van der Waals surface area contributed by atoms with Crippen molar-refractivity contribution in [2.75, 3.05) is 11.5 Å². The van der Waals surface area contributed by atoms with Gasteiger partial charge in [0.05, 0.1) is 23.9 Å². The van der Waals surface area contributed by atoms with E-state index in [0.29, 0.717) is 23.4 Å². The van der Waals surface area contributed by atoms with Crippen LogP contribution in [0.1, 0.15) is 42.5 Å². The van der Waals surface area contributed by atoms with Crippen molar-refractivity contribution in [3.63, 3.8) is 0 Å². The van der Waals surface area contributed by atoms with E-state index in [1.165, 1.54) is 12.1 Å². The molecule has 37 heavy (non-hydrogen) atoms. The Labute approximate surface area is 214 Å². The number of nitrogens with zero attached hydrogens (tertiary/aromatic N) is 3. The standard InChI is InChI=1S/C29H27FN4O3/c1-5-36-24-11-9-20(10-12-24)26-25(28-32-27(33-37-28)21-7-6-8-22(30)16-21)19(4)34(29(35)31-26)23-14-17(2)13-18(3)15-23/h6-16,26H,5H2,1-4H3,(H,31,35). The number of anilines is 1. The normalized spacial score (nSPS) is 15.6. The minimum absolute atomic E-state index is 0.241. The van der Waals surface area contributed by atoms with Gasteiger partial charge in [-0.15, -0.1) is 0 Å². The highest BCUT2D eigenvalue weighted by molar-refractivity contribution is 6.01. The number of aryl methyl sites for hydroxylation is 2. The van der Waals surface area contributed by atoms with Crippen LogP contribution in [0.25, 0.3) is 17.0 Å². The number of carbonyl (C=O) groups is 1. The van der Waals surface area contributed by atoms with Gasteiger partial charge < -0.3 is 14.6 Å². The van der Waals surface area contributed by atoms with Crippen LogP contribution in [0.3, 0.4) is 0 Å². The molecule has 0 radical (unpaired) electrons. The number of allylic oxidation sites excluding steroid dienone is 1. The van der Waals surface area contributed by atoms with Gasteiger partial charge in [-0.3, -0.25) is 4.90 Å². The summed E-state index contributed by atoms with van der Waals surface area (Å²) in [5.41, 5.74) is 5.45. The summed E-state index contributed by atoms with van der Waals surface area (Å²) in [4.78, 5) is 19.7. The van der Waals surface area contributed by atoms with E-state index in [1.807, 2.05) is 64.1 Å². The highest BCUT2D eigenvalue weighted by atomic mass is 19.1. The van der Waals surface area contributed by atoms with Gasteiger partial charge in [-0.1, -0.05) is 35.5 Å². The maximum Gasteiger partial charge on any atom is 0.326 e. The Morgan fingerprint density at radius 3 is 2.43 bits per heavy atom. The monoisotopic (exact) mass is 498 g/mol. The number of amides is 2. The number of hydrogen-bond acceptors (Lipinski definition) is 5. The maximum atomic E-state index is 13.8. The van der Waals surface area contributed by atoms with Crippen LogP contribution >= 0.6 is 0 Å². The molecule has 188 valence electrons. The van der Waals surface area contributed by atoms with Crippen LogP contribution in [0, 0.1) is 19.7 Å². The minimum atomic E-state index is -0.550. The molecule has 2 heterocycles. The minimum Gasteiger partial charge on any atom is -0.494 e. The molecule has 0 spiro atoms. The third-order valence-electron chi connectivity index (χ3n) is 6.21. The highest BCUT2D eigenvalue weighted by Crippen LogP contribution is 2.39. The molecular formula is C29H27FN4O3. The lowest BCUT2D eigenvalue weighted by atomic mass is 9.94. The van der Waals surface area contributed by atoms with Gasteiger partial charge in [0.2, 0.25) is 5.82 Å². The summed E-state index contributed by atoms with van der Waals surface area (Å²) in [5.74, 6) is 0.844. The molecule has 1 aromatic heterocycles. The van der Waals surface area contributed by atoms with Gasteiger partial charge in [-0.25, -0.2) is 9.18 Å². The molecule has 1 atom stereocenters. The van der Waals surface area contributed by atoms with E-state index >= 15 is 0 Å². The average Bonchev–Trinajstić information content (AvgIpc) is 3.34. The van der Waals surface area contributed by atoms with E-state index in [-0.39, 0.29) is 17.7 Å². The largest absolute Gasteiger partial charge is 0.494 e. The van der Waals surface area contributed by atoms with Crippen LogP contribution in [0.15, 0.2) is 77.0 Å². The summed E-state index contributed by atoms with van der Waals surface area (Å²) in [7, 11) is 0. The van der Waals surface area contributed by atoms with E-state index < -0.39 is 11.9 Å². The van der Waals surface area contributed by atoms with Crippen molar-refractivity contribution < 1.29 is 18.4 Å². The summed E-state index contributed by atoms with van der Waals surface area (Å²) >= 11 is 0. The summed E-state index contributed by atoms with van der Waals surface area (Å²) < 4.78 is 25.1. The maximum absolute atomic E-state index is 13.8. The van der Waals surface area contributed by atoms with Crippen LogP contribution < -0.4 is 15.0 Å². The molecular weight excluding hydrogens is 471 g/mol. The van der Waals surface area contributed by atoms with Crippen LogP contribution in [0.2, 0.25) is 0 Å². The zero-order valence-electron chi connectivity index (χ0n) is 21.1. The van der Waals surface area contributed by atoms with Gasteiger partial charge >= 0.3 is 6.03 Å². The Morgan fingerprint density at radius 1 is 1.03 bits per heavy atom. The van der Waals surface area contributed by atoms with Crippen LogP contribution in [0.4, 0.5) is 14.9 Å². The molecule has 8 heteroatoms. The SMILES string of the molecule is CCOc1ccc(C2NC(=O)N(c3cc(C)cc(C)c3)C(C)=C2c2nc(-c3cccc(F)c3)no2)cc1. The second-order valence-electron chi connectivity index (χ2n) is 9.00. The Kier molecular flexibility index (Phi) is 6.48. The van der Waals surface area contributed by atoms with Crippen LogP contribution in [0.5, 0.6) is 5.75 Å². The van der Waals surface area contributed by atoms with Gasteiger partial charge in [-0.2, -0.15) is 4.98 Å². The number of benzene rings is 3. The van der Waals surface area contributed by atoms with Gasteiger partial charge in [0, 0.05) is 11.3 Å².